The molecule has 6 nitrogen and oxygen atoms in total. The first-order valence-electron chi connectivity index (χ1n) is 7.11. The molecule has 2 aromatic carbocycles. The predicted octanol–water partition coefficient (Wildman–Crippen LogP) is 3.64. The summed E-state index contributed by atoms with van der Waals surface area (Å²) >= 11 is 0. The summed E-state index contributed by atoms with van der Waals surface area (Å²) in [5, 5.41) is 26.6. The highest BCUT2D eigenvalue weighted by molar-refractivity contribution is 5.97. The van der Waals surface area contributed by atoms with Crippen molar-refractivity contribution in [1.29, 1.82) is 5.41 Å². The Labute approximate surface area is 140 Å². The van der Waals surface area contributed by atoms with E-state index in [1.165, 1.54) is 6.08 Å². The monoisotopic (exact) mass is 319 g/mol. The first-order chi connectivity index (χ1) is 11.6. The normalized spacial score (nSPS) is 10.7. The highest BCUT2D eigenvalue weighted by Gasteiger charge is 2.01. The van der Waals surface area contributed by atoms with Gasteiger partial charge >= 0.3 is 0 Å². The average Bonchev–Trinajstić information content (AvgIpc) is 2.59. The van der Waals surface area contributed by atoms with E-state index >= 15 is 0 Å². The first-order valence-corrected chi connectivity index (χ1v) is 7.11. The van der Waals surface area contributed by atoms with Gasteiger partial charge in [-0.3, -0.25) is 5.41 Å². The molecule has 0 bridgehead atoms. The molecule has 0 aliphatic rings. The minimum absolute atomic E-state index is 0.00246. The number of aliphatic hydroxyl groups is 1. The first kappa shape index (κ1) is 16.8. The van der Waals surface area contributed by atoms with Crippen molar-refractivity contribution in [1.82, 2.24) is 0 Å². The van der Waals surface area contributed by atoms with E-state index in [9.17, 15) is 0 Å². The molecule has 0 fully saturated rings. The minimum Gasteiger partial charge on any atom is -0.509 e. The van der Waals surface area contributed by atoms with Gasteiger partial charge in [0.05, 0.1) is 0 Å². The molecular formula is C18H17N5O. The van der Waals surface area contributed by atoms with Crippen molar-refractivity contribution in [2.45, 2.75) is 6.54 Å². The largest absolute Gasteiger partial charge is 0.509 e. The lowest BCUT2D eigenvalue weighted by atomic mass is 10.1. The number of nitrogens with zero attached hydrogens (tertiary/aromatic N) is 2. The van der Waals surface area contributed by atoms with Crippen LogP contribution in [0.2, 0.25) is 0 Å². The van der Waals surface area contributed by atoms with Gasteiger partial charge in [-0.25, -0.2) is 0 Å². The van der Waals surface area contributed by atoms with Gasteiger partial charge in [-0.05, 0) is 36.4 Å². The molecule has 0 aliphatic carbocycles. The Morgan fingerprint density at radius 2 is 2.17 bits per heavy atom. The van der Waals surface area contributed by atoms with Crippen LogP contribution in [0.25, 0.3) is 6.08 Å². The number of aliphatic hydroxyl groups excluding tert-OH is 1. The van der Waals surface area contributed by atoms with Gasteiger partial charge in [0.15, 0.2) is 5.84 Å². The Hall–Kier alpha value is -3.59. The Morgan fingerprint density at radius 3 is 2.83 bits per heavy atom. The maximum Gasteiger partial charge on any atom is 0.176 e. The topological polar surface area (TPSA) is 107 Å². The molecule has 5 N–H and O–H groups in total. The number of nitrogens with two attached hydrogens (primary N) is 1. The lowest BCUT2D eigenvalue weighted by Gasteiger charge is -2.06. The number of nitrogens with one attached hydrogen (secondary N) is 2. The van der Waals surface area contributed by atoms with Crippen LogP contribution in [0.3, 0.4) is 0 Å². The van der Waals surface area contributed by atoms with Crippen LogP contribution in [0.5, 0.6) is 0 Å². The number of hydrogen-bond acceptors (Lipinski definition) is 4. The molecule has 6 heteroatoms. The number of anilines is 1. The second kappa shape index (κ2) is 8.15. The summed E-state index contributed by atoms with van der Waals surface area (Å²) in [7, 11) is 0. The van der Waals surface area contributed by atoms with Crippen molar-refractivity contribution in [3.63, 3.8) is 0 Å². The van der Waals surface area contributed by atoms with E-state index in [0.29, 0.717) is 12.1 Å². The van der Waals surface area contributed by atoms with E-state index in [1.807, 2.05) is 24.3 Å². The third-order valence-electron chi connectivity index (χ3n) is 3.06. The van der Waals surface area contributed by atoms with Crippen LogP contribution < -0.4 is 11.2 Å². The molecule has 0 aromatic heterocycles. The molecule has 0 amide bonds. The van der Waals surface area contributed by atoms with E-state index in [4.69, 9.17) is 16.4 Å². The van der Waals surface area contributed by atoms with E-state index in [1.54, 1.807) is 18.2 Å². The van der Waals surface area contributed by atoms with Crippen molar-refractivity contribution in [3.05, 3.63) is 83.6 Å². The van der Waals surface area contributed by atoms with Gasteiger partial charge in [0.2, 0.25) is 0 Å². The van der Waals surface area contributed by atoms with Crippen LogP contribution in [0.15, 0.2) is 65.1 Å². The fraction of sp³-hybridized carbons (Fsp3) is 0.0556. The van der Waals surface area contributed by atoms with E-state index in [-0.39, 0.29) is 11.6 Å². The fourth-order valence-corrected chi connectivity index (χ4v) is 1.90. The predicted molar refractivity (Wildman–Crippen MR) is 94.6 cm³/mol. The SMILES string of the molecule is C=C(O)/C=C/c1c#cc(CNc2cccc(C(=N)N=NN)c2)cc1. The lowest BCUT2D eigenvalue weighted by molar-refractivity contribution is 0.436. The quantitative estimate of drug-likeness (QED) is 0.124. The molecule has 2 aromatic rings. The zero-order chi connectivity index (χ0) is 17.4. The van der Waals surface area contributed by atoms with Crippen molar-refractivity contribution < 1.29 is 5.11 Å². The number of amidine groups is 1. The Balaban J connectivity index is 1.99. The molecule has 0 radical (unpaired) electrons. The van der Waals surface area contributed by atoms with Crippen LogP contribution in [-0.4, -0.2) is 10.9 Å². The molecule has 0 atom stereocenters. The van der Waals surface area contributed by atoms with Gasteiger partial charge in [-0.2, -0.15) is 0 Å². The van der Waals surface area contributed by atoms with Gasteiger partial charge in [0.1, 0.15) is 5.76 Å². The molecule has 0 saturated carbocycles. The van der Waals surface area contributed by atoms with Crippen molar-refractivity contribution in [2.75, 3.05) is 5.32 Å². The molecule has 24 heavy (non-hydrogen) atoms. The summed E-state index contributed by atoms with van der Waals surface area (Å²) in [5.74, 6) is 4.96. The summed E-state index contributed by atoms with van der Waals surface area (Å²) in [6.07, 6.45) is 3.20. The van der Waals surface area contributed by atoms with Gasteiger partial charge in [0.25, 0.3) is 0 Å². The van der Waals surface area contributed by atoms with Crippen LogP contribution in [0.1, 0.15) is 16.7 Å². The maximum absolute atomic E-state index is 9.02. The number of hydrogen-bond donors (Lipinski definition) is 4. The molecule has 2 rings (SSSR count). The highest BCUT2D eigenvalue weighted by atomic mass is 16.3. The summed E-state index contributed by atoms with van der Waals surface area (Å²) in [6, 6.07) is 17.1. The second-order valence-electron chi connectivity index (χ2n) is 4.89. The van der Waals surface area contributed by atoms with Crippen molar-refractivity contribution in [2.24, 2.45) is 16.2 Å². The molecule has 0 aliphatic heterocycles. The maximum atomic E-state index is 9.02. The number of rotatable bonds is 6. The summed E-state index contributed by atoms with van der Waals surface area (Å²) < 4.78 is 0. The Kier molecular flexibility index (Phi) is 5.70. The van der Waals surface area contributed by atoms with E-state index in [0.717, 1.165) is 16.8 Å². The second-order valence-corrected chi connectivity index (χ2v) is 4.89. The Morgan fingerprint density at radius 1 is 1.33 bits per heavy atom. The van der Waals surface area contributed by atoms with Gasteiger partial charge in [-0.1, -0.05) is 36.1 Å². The minimum atomic E-state index is -0.00578. The Bertz CT molecular complexity index is 778. The summed E-state index contributed by atoms with van der Waals surface area (Å²) in [5.41, 5.74) is 3.20. The van der Waals surface area contributed by atoms with Gasteiger partial charge in [0, 0.05) is 28.9 Å². The zero-order valence-electron chi connectivity index (χ0n) is 13.0. The third-order valence-corrected chi connectivity index (χ3v) is 3.06. The number of benzene rings is 1. The molecule has 0 heterocycles. The summed E-state index contributed by atoms with van der Waals surface area (Å²) in [6.45, 7) is 3.94. The molecule has 0 spiro atoms. The molecule has 120 valence electrons. The zero-order valence-corrected chi connectivity index (χ0v) is 13.0. The van der Waals surface area contributed by atoms with Crippen LogP contribution >= 0.6 is 0 Å². The molecule has 0 saturated heterocycles. The number of allylic oxidation sites excluding steroid dienone is 1. The van der Waals surface area contributed by atoms with Crippen molar-refractivity contribution >= 4 is 17.6 Å². The fourth-order valence-electron chi connectivity index (χ4n) is 1.90. The molecular weight excluding hydrogens is 302 g/mol. The van der Waals surface area contributed by atoms with Crippen molar-refractivity contribution in [3.8, 4) is 0 Å². The smallest absolute Gasteiger partial charge is 0.176 e. The standard InChI is InChI=1S/C18H17N5O/c1-13(24)5-6-14-7-9-15(10-8-14)12-21-17-4-2-3-16(11-17)18(19)22-23-20/h2-7,9,11,21,24H,1,12H2,(H3,19,20,22)/b6-5+. The van der Waals surface area contributed by atoms with Crippen LogP contribution in [0.4, 0.5) is 5.69 Å². The van der Waals surface area contributed by atoms with Gasteiger partial charge < -0.3 is 16.3 Å². The summed E-state index contributed by atoms with van der Waals surface area (Å²) in [4.78, 5) is 0. The average molecular weight is 319 g/mol. The van der Waals surface area contributed by atoms with Crippen LogP contribution in [-0.2, 0) is 6.54 Å². The highest BCUT2D eigenvalue weighted by Crippen LogP contribution is 2.13. The lowest BCUT2D eigenvalue weighted by Crippen LogP contribution is -2.01. The van der Waals surface area contributed by atoms with Crippen LogP contribution in [0, 0.1) is 17.5 Å². The van der Waals surface area contributed by atoms with E-state index in [2.05, 4.69) is 34.4 Å². The molecule has 0 unspecified atom stereocenters. The van der Waals surface area contributed by atoms with E-state index < -0.39 is 0 Å². The third kappa shape index (κ3) is 5.00. The van der Waals surface area contributed by atoms with Gasteiger partial charge in [-0.15, -0.1) is 5.11 Å².